The average molecular weight is 507 g/mol. The molecule has 0 spiro atoms. The van der Waals surface area contributed by atoms with Crippen LogP contribution in [0.25, 0.3) is 0 Å². The Balaban J connectivity index is 1.35. The summed E-state index contributed by atoms with van der Waals surface area (Å²) in [6.07, 6.45) is 2.42. The quantitative estimate of drug-likeness (QED) is 0.522. The number of benzene rings is 1. The van der Waals surface area contributed by atoms with E-state index < -0.39 is 23.8 Å². The van der Waals surface area contributed by atoms with Crippen molar-refractivity contribution in [1.82, 2.24) is 20.9 Å². The molecule has 3 heterocycles. The average Bonchev–Trinajstić information content (AvgIpc) is 3.41. The van der Waals surface area contributed by atoms with Crippen LogP contribution in [0.1, 0.15) is 25.3 Å². The Morgan fingerprint density at radius 2 is 2.00 bits per heavy atom. The van der Waals surface area contributed by atoms with Crippen LogP contribution in [0, 0.1) is 11.6 Å². The molecule has 13 heteroatoms. The van der Waals surface area contributed by atoms with Gasteiger partial charge in [0.2, 0.25) is 0 Å². The van der Waals surface area contributed by atoms with Gasteiger partial charge in [0.15, 0.2) is 11.6 Å². The fourth-order valence-corrected chi connectivity index (χ4v) is 4.15. The molecule has 2 aliphatic rings. The van der Waals surface area contributed by atoms with Crippen LogP contribution in [0.4, 0.5) is 25.0 Å². The molecule has 0 saturated carbocycles. The van der Waals surface area contributed by atoms with Crippen LogP contribution < -0.4 is 20.5 Å². The van der Waals surface area contributed by atoms with E-state index in [4.69, 9.17) is 9.26 Å². The first-order chi connectivity index (χ1) is 17.3. The minimum absolute atomic E-state index is 0.0267. The van der Waals surface area contributed by atoms with E-state index in [1.807, 2.05) is 0 Å². The summed E-state index contributed by atoms with van der Waals surface area (Å²) >= 11 is 0. The fourth-order valence-electron chi connectivity index (χ4n) is 4.15. The standard InChI is InChI=1S/C23H28F2N6O5/c1-15(32)2-3-18-13-30(23(34)36-18)17-8-19(24)22(20(25)9-17)29-5-4-27-31(7-6-29)21(33)12-26-10-16-11-28-35-14-16/h8-9,11,14,18,26-27H,2-7,10,12-13H2,1H3/t18-/m0/s1. The number of amides is 2. The van der Waals surface area contributed by atoms with Crippen molar-refractivity contribution in [3.63, 3.8) is 0 Å². The molecule has 2 fully saturated rings. The molecule has 194 valence electrons. The van der Waals surface area contributed by atoms with E-state index in [1.165, 1.54) is 23.1 Å². The summed E-state index contributed by atoms with van der Waals surface area (Å²) in [6.45, 7) is 3.03. The van der Waals surface area contributed by atoms with Crippen LogP contribution in [0.5, 0.6) is 0 Å². The summed E-state index contributed by atoms with van der Waals surface area (Å²) in [5.74, 6) is -1.88. The van der Waals surface area contributed by atoms with Crippen molar-refractivity contribution in [2.24, 2.45) is 0 Å². The zero-order valence-electron chi connectivity index (χ0n) is 19.8. The first-order valence-electron chi connectivity index (χ1n) is 11.7. The lowest BCUT2D eigenvalue weighted by molar-refractivity contribution is -0.133. The number of hydrogen-bond acceptors (Lipinski definition) is 9. The number of carbonyl (C=O) groups excluding carboxylic acids is 3. The van der Waals surface area contributed by atoms with E-state index in [1.54, 1.807) is 6.20 Å². The molecular formula is C23H28F2N6O5. The van der Waals surface area contributed by atoms with E-state index in [2.05, 4.69) is 15.9 Å². The van der Waals surface area contributed by atoms with Crippen LogP contribution in [0.3, 0.4) is 0 Å². The number of carbonyl (C=O) groups is 3. The Morgan fingerprint density at radius 3 is 2.69 bits per heavy atom. The van der Waals surface area contributed by atoms with Gasteiger partial charge in [-0.2, -0.15) is 0 Å². The van der Waals surface area contributed by atoms with Gasteiger partial charge in [-0.25, -0.2) is 19.0 Å². The number of hydrazine groups is 1. The maximum Gasteiger partial charge on any atom is 0.414 e. The summed E-state index contributed by atoms with van der Waals surface area (Å²) in [7, 11) is 0. The molecule has 1 aromatic carbocycles. The molecule has 11 nitrogen and oxygen atoms in total. The monoisotopic (exact) mass is 506 g/mol. The van der Waals surface area contributed by atoms with Gasteiger partial charge in [-0.1, -0.05) is 5.16 Å². The second-order valence-corrected chi connectivity index (χ2v) is 8.69. The lowest BCUT2D eigenvalue weighted by Crippen LogP contribution is -2.47. The van der Waals surface area contributed by atoms with E-state index in [0.717, 1.165) is 22.6 Å². The molecule has 2 amide bonds. The van der Waals surface area contributed by atoms with Crippen molar-refractivity contribution >= 4 is 29.2 Å². The van der Waals surface area contributed by atoms with Crippen molar-refractivity contribution in [2.45, 2.75) is 32.4 Å². The van der Waals surface area contributed by atoms with E-state index in [9.17, 15) is 14.4 Å². The number of hydrogen-bond donors (Lipinski definition) is 2. The number of cyclic esters (lactones) is 1. The molecule has 0 radical (unpaired) electrons. The van der Waals surface area contributed by atoms with Gasteiger partial charge < -0.3 is 24.3 Å². The number of nitrogens with zero attached hydrogens (tertiary/aromatic N) is 4. The third-order valence-corrected chi connectivity index (χ3v) is 5.99. The third-order valence-electron chi connectivity index (χ3n) is 5.99. The number of halogens is 2. The highest BCUT2D eigenvalue weighted by atomic mass is 19.1. The number of nitrogens with one attached hydrogen (secondary N) is 2. The highest BCUT2D eigenvalue weighted by molar-refractivity contribution is 5.90. The Bertz CT molecular complexity index is 1080. The Labute approximate surface area is 206 Å². The normalized spacial score (nSPS) is 18.4. The molecular weight excluding hydrogens is 478 g/mol. The second kappa shape index (κ2) is 11.4. The summed E-state index contributed by atoms with van der Waals surface area (Å²) in [5, 5.41) is 8.01. The van der Waals surface area contributed by atoms with Crippen molar-refractivity contribution in [2.75, 3.05) is 49.1 Å². The number of ketones is 1. The summed E-state index contributed by atoms with van der Waals surface area (Å²) in [6, 6.07) is 2.20. The molecule has 4 rings (SSSR count). The minimum atomic E-state index is -0.819. The molecule has 2 aliphatic heterocycles. The molecule has 36 heavy (non-hydrogen) atoms. The van der Waals surface area contributed by atoms with Gasteiger partial charge in [0.1, 0.15) is 23.8 Å². The van der Waals surface area contributed by atoms with Gasteiger partial charge in [-0.3, -0.25) is 14.7 Å². The smallest absolute Gasteiger partial charge is 0.414 e. The molecule has 2 saturated heterocycles. The van der Waals surface area contributed by atoms with Crippen molar-refractivity contribution in [3.05, 3.63) is 41.8 Å². The van der Waals surface area contributed by atoms with Gasteiger partial charge in [0.25, 0.3) is 5.91 Å². The van der Waals surface area contributed by atoms with Crippen LogP contribution in [-0.2, 0) is 20.9 Å². The lowest BCUT2D eigenvalue weighted by atomic mass is 10.1. The third kappa shape index (κ3) is 6.15. The summed E-state index contributed by atoms with van der Waals surface area (Å²) in [4.78, 5) is 38.6. The van der Waals surface area contributed by atoms with Gasteiger partial charge in [0.05, 0.1) is 31.5 Å². The Morgan fingerprint density at radius 1 is 1.22 bits per heavy atom. The largest absolute Gasteiger partial charge is 0.444 e. The Hall–Kier alpha value is -3.58. The van der Waals surface area contributed by atoms with Gasteiger partial charge >= 0.3 is 6.09 Å². The number of Topliss-reactive ketones (excluding diaryl/α,β-unsaturated/α-hetero) is 1. The molecule has 1 atom stereocenters. The summed E-state index contributed by atoms with van der Waals surface area (Å²) in [5.41, 5.74) is 3.62. The van der Waals surface area contributed by atoms with Gasteiger partial charge in [-0.05, 0) is 13.3 Å². The molecule has 0 aliphatic carbocycles. The first-order valence-corrected chi connectivity index (χ1v) is 11.7. The lowest BCUT2D eigenvalue weighted by Gasteiger charge is -2.25. The predicted molar refractivity (Wildman–Crippen MR) is 124 cm³/mol. The molecule has 0 bridgehead atoms. The second-order valence-electron chi connectivity index (χ2n) is 8.69. The van der Waals surface area contributed by atoms with Crippen LogP contribution in [0.2, 0.25) is 0 Å². The maximum atomic E-state index is 15.1. The number of ether oxygens (including phenoxy) is 1. The molecule has 2 N–H and O–H groups in total. The van der Waals surface area contributed by atoms with E-state index in [0.29, 0.717) is 19.5 Å². The first kappa shape index (κ1) is 25.5. The number of rotatable bonds is 9. The topological polar surface area (TPSA) is 120 Å². The zero-order chi connectivity index (χ0) is 25.7. The zero-order valence-corrected chi connectivity index (χ0v) is 19.8. The SMILES string of the molecule is CC(=O)CC[C@H]1CN(c2cc(F)c(N3CCNN(C(=O)CNCc4cnoc4)CC3)c(F)c2)C(=O)O1. The van der Waals surface area contributed by atoms with Crippen molar-refractivity contribution < 1.29 is 32.4 Å². The van der Waals surface area contributed by atoms with Gasteiger partial charge in [0, 0.05) is 50.3 Å². The van der Waals surface area contributed by atoms with Crippen LogP contribution >= 0.6 is 0 Å². The molecule has 1 aromatic heterocycles. The van der Waals surface area contributed by atoms with Gasteiger partial charge in [-0.15, -0.1) is 0 Å². The van der Waals surface area contributed by atoms with Crippen molar-refractivity contribution in [1.29, 1.82) is 0 Å². The highest BCUT2D eigenvalue weighted by Crippen LogP contribution is 2.31. The Kier molecular flexibility index (Phi) is 8.10. The van der Waals surface area contributed by atoms with Crippen LogP contribution in [0.15, 0.2) is 29.1 Å². The van der Waals surface area contributed by atoms with E-state index >= 15 is 8.78 Å². The fraction of sp³-hybridized carbons (Fsp3) is 0.478. The predicted octanol–water partition coefficient (Wildman–Crippen LogP) is 1.59. The highest BCUT2D eigenvalue weighted by Gasteiger charge is 2.34. The number of aromatic nitrogens is 1. The molecule has 2 aromatic rings. The van der Waals surface area contributed by atoms with Crippen molar-refractivity contribution in [3.8, 4) is 0 Å². The maximum absolute atomic E-state index is 15.1. The van der Waals surface area contributed by atoms with E-state index in [-0.39, 0.29) is 62.2 Å². The minimum Gasteiger partial charge on any atom is -0.444 e. The van der Waals surface area contributed by atoms with Crippen LogP contribution in [-0.4, -0.2) is 73.3 Å². The summed E-state index contributed by atoms with van der Waals surface area (Å²) < 4.78 is 40.1. The number of anilines is 2. The molecule has 0 unspecified atom stereocenters.